The molecule has 1 saturated carbocycles. The summed E-state index contributed by atoms with van der Waals surface area (Å²) < 4.78 is 0. The minimum atomic E-state index is -0.379. The third kappa shape index (κ3) is 2.89. The van der Waals surface area contributed by atoms with Crippen LogP contribution in [-0.2, 0) is 6.54 Å². The molecule has 3 nitrogen and oxygen atoms in total. The average Bonchev–Trinajstić information content (AvgIpc) is 3.26. The minimum Gasteiger partial charge on any atom is -0.366 e. The van der Waals surface area contributed by atoms with E-state index in [1.807, 2.05) is 12.1 Å². The molecule has 2 atom stereocenters. The standard InChI is InChI=1S/C17H18N2O/c18-17(20)14-8-6-12(7-9-14)11-19-16-10-15(16)13-4-2-1-3-5-13/h1-9,15-16,19H,10-11H2,(H2,18,20). The Morgan fingerprint density at radius 1 is 1.10 bits per heavy atom. The van der Waals surface area contributed by atoms with Crippen molar-refractivity contribution in [3.63, 3.8) is 0 Å². The third-order valence-electron chi connectivity index (χ3n) is 3.82. The Bertz CT molecular complexity index is 592. The summed E-state index contributed by atoms with van der Waals surface area (Å²) in [7, 11) is 0. The highest BCUT2D eigenvalue weighted by Gasteiger charge is 2.37. The lowest BCUT2D eigenvalue weighted by Crippen LogP contribution is -2.17. The minimum absolute atomic E-state index is 0.379. The molecule has 20 heavy (non-hydrogen) atoms. The Hall–Kier alpha value is -2.13. The monoisotopic (exact) mass is 266 g/mol. The van der Waals surface area contributed by atoms with Crippen molar-refractivity contribution in [2.75, 3.05) is 0 Å². The smallest absolute Gasteiger partial charge is 0.248 e. The molecule has 3 heteroatoms. The fourth-order valence-corrected chi connectivity index (χ4v) is 2.53. The van der Waals surface area contributed by atoms with Gasteiger partial charge in [-0.15, -0.1) is 0 Å². The second kappa shape index (κ2) is 5.47. The highest BCUT2D eigenvalue weighted by atomic mass is 16.1. The average molecular weight is 266 g/mol. The first kappa shape index (κ1) is 12.9. The molecule has 2 aromatic carbocycles. The van der Waals surface area contributed by atoms with Gasteiger partial charge in [-0.1, -0.05) is 42.5 Å². The molecule has 1 fully saturated rings. The molecule has 0 radical (unpaired) electrons. The highest BCUT2D eigenvalue weighted by Crippen LogP contribution is 2.40. The number of amides is 1. The fraction of sp³-hybridized carbons (Fsp3) is 0.235. The van der Waals surface area contributed by atoms with Gasteiger partial charge >= 0.3 is 0 Å². The zero-order chi connectivity index (χ0) is 13.9. The predicted octanol–water partition coefficient (Wildman–Crippen LogP) is 2.43. The van der Waals surface area contributed by atoms with E-state index in [9.17, 15) is 4.79 Å². The van der Waals surface area contributed by atoms with E-state index in [2.05, 4.69) is 35.6 Å². The van der Waals surface area contributed by atoms with Gasteiger partial charge in [0.15, 0.2) is 0 Å². The van der Waals surface area contributed by atoms with Crippen LogP contribution in [0.1, 0.15) is 33.8 Å². The van der Waals surface area contributed by atoms with Crippen LogP contribution in [0.3, 0.4) is 0 Å². The number of nitrogens with one attached hydrogen (secondary N) is 1. The summed E-state index contributed by atoms with van der Waals surface area (Å²) in [6, 6.07) is 18.6. The lowest BCUT2D eigenvalue weighted by molar-refractivity contribution is 0.100. The van der Waals surface area contributed by atoms with Gasteiger partial charge < -0.3 is 11.1 Å². The van der Waals surface area contributed by atoms with Gasteiger partial charge in [0, 0.05) is 24.1 Å². The van der Waals surface area contributed by atoms with Crippen LogP contribution in [0.4, 0.5) is 0 Å². The van der Waals surface area contributed by atoms with E-state index in [4.69, 9.17) is 5.73 Å². The summed E-state index contributed by atoms with van der Waals surface area (Å²) >= 11 is 0. The molecule has 102 valence electrons. The molecule has 0 aromatic heterocycles. The molecule has 2 unspecified atom stereocenters. The van der Waals surface area contributed by atoms with Gasteiger partial charge in [0.25, 0.3) is 0 Å². The van der Waals surface area contributed by atoms with Crippen molar-refractivity contribution < 1.29 is 4.79 Å². The van der Waals surface area contributed by atoms with E-state index in [0.717, 1.165) is 6.54 Å². The molecule has 1 amide bonds. The van der Waals surface area contributed by atoms with Crippen LogP contribution < -0.4 is 11.1 Å². The number of hydrogen-bond acceptors (Lipinski definition) is 2. The molecule has 1 aliphatic carbocycles. The summed E-state index contributed by atoms with van der Waals surface area (Å²) in [5.74, 6) is 0.261. The lowest BCUT2D eigenvalue weighted by Gasteiger charge is -2.05. The summed E-state index contributed by atoms with van der Waals surface area (Å²) in [5, 5.41) is 3.55. The summed E-state index contributed by atoms with van der Waals surface area (Å²) in [6.45, 7) is 0.826. The van der Waals surface area contributed by atoms with E-state index in [1.165, 1.54) is 17.5 Å². The van der Waals surface area contributed by atoms with Gasteiger partial charge in [-0.25, -0.2) is 0 Å². The van der Waals surface area contributed by atoms with Crippen LogP contribution in [0.25, 0.3) is 0 Å². The Kier molecular flexibility index (Phi) is 3.52. The molecule has 2 aromatic rings. The quantitative estimate of drug-likeness (QED) is 0.873. The number of nitrogens with two attached hydrogens (primary N) is 1. The molecular formula is C17H18N2O. The van der Waals surface area contributed by atoms with Gasteiger partial charge in [0.05, 0.1) is 0 Å². The van der Waals surface area contributed by atoms with Crippen molar-refractivity contribution in [1.82, 2.24) is 5.32 Å². The molecule has 0 aliphatic heterocycles. The molecular weight excluding hydrogens is 248 g/mol. The molecule has 0 spiro atoms. The van der Waals surface area contributed by atoms with Crippen molar-refractivity contribution >= 4 is 5.91 Å². The van der Waals surface area contributed by atoms with E-state index < -0.39 is 0 Å². The molecule has 0 saturated heterocycles. The van der Waals surface area contributed by atoms with Gasteiger partial charge in [-0.2, -0.15) is 0 Å². The largest absolute Gasteiger partial charge is 0.366 e. The third-order valence-corrected chi connectivity index (χ3v) is 3.82. The van der Waals surface area contributed by atoms with Crippen LogP contribution in [0.5, 0.6) is 0 Å². The summed E-state index contributed by atoms with van der Waals surface area (Å²) in [4.78, 5) is 11.0. The number of carbonyl (C=O) groups is 1. The first-order valence-electron chi connectivity index (χ1n) is 6.91. The number of hydrogen-bond donors (Lipinski definition) is 2. The number of primary amides is 1. The maximum absolute atomic E-state index is 11.0. The van der Waals surface area contributed by atoms with Crippen LogP contribution in [0, 0.1) is 0 Å². The fourth-order valence-electron chi connectivity index (χ4n) is 2.53. The van der Waals surface area contributed by atoms with Crippen molar-refractivity contribution in [3.05, 3.63) is 71.3 Å². The second-order valence-electron chi connectivity index (χ2n) is 5.30. The number of rotatable bonds is 5. The van der Waals surface area contributed by atoms with Crippen molar-refractivity contribution in [1.29, 1.82) is 0 Å². The second-order valence-corrected chi connectivity index (χ2v) is 5.30. The van der Waals surface area contributed by atoms with Crippen LogP contribution in [-0.4, -0.2) is 11.9 Å². The van der Waals surface area contributed by atoms with Crippen LogP contribution in [0.2, 0.25) is 0 Å². The first-order valence-corrected chi connectivity index (χ1v) is 6.91. The van der Waals surface area contributed by atoms with Gasteiger partial charge in [-0.3, -0.25) is 4.79 Å². The highest BCUT2D eigenvalue weighted by molar-refractivity contribution is 5.92. The van der Waals surface area contributed by atoms with Gasteiger partial charge in [0.2, 0.25) is 5.91 Å². The lowest BCUT2D eigenvalue weighted by atomic mass is 10.1. The SMILES string of the molecule is NC(=O)c1ccc(CNC2CC2c2ccccc2)cc1. The van der Waals surface area contributed by atoms with Crippen molar-refractivity contribution in [2.45, 2.75) is 24.9 Å². The van der Waals surface area contributed by atoms with E-state index in [-0.39, 0.29) is 5.91 Å². The molecule has 1 aliphatic rings. The maximum Gasteiger partial charge on any atom is 0.248 e. The van der Waals surface area contributed by atoms with E-state index in [1.54, 1.807) is 12.1 Å². The van der Waals surface area contributed by atoms with Crippen molar-refractivity contribution in [3.8, 4) is 0 Å². The zero-order valence-corrected chi connectivity index (χ0v) is 11.3. The topological polar surface area (TPSA) is 55.1 Å². The Morgan fingerprint density at radius 2 is 1.80 bits per heavy atom. The number of carbonyl (C=O) groups excluding carboxylic acids is 1. The van der Waals surface area contributed by atoms with Crippen LogP contribution >= 0.6 is 0 Å². The normalized spacial score (nSPS) is 20.6. The van der Waals surface area contributed by atoms with E-state index >= 15 is 0 Å². The maximum atomic E-state index is 11.0. The summed E-state index contributed by atoms with van der Waals surface area (Å²) in [5.41, 5.74) is 8.37. The zero-order valence-electron chi connectivity index (χ0n) is 11.3. The summed E-state index contributed by atoms with van der Waals surface area (Å²) in [6.07, 6.45) is 1.20. The van der Waals surface area contributed by atoms with E-state index in [0.29, 0.717) is 17.5 Å². The Labute approximate surface area is 118 Å². The Morgan fingerprint density at radius 3 is 2.45 bits per heavy atom. The van der Waals surface area contributed by atoms with Crippen LogP contribution in [0.15, 0.2) is 54.6 Å². The molecule has 0 bridgehead atoms. The molecule has 3 N–H and O–H groups in total. The van der Waals surface area contributed by atoms with Gasteiger partial charge in [-0.05, 0) is 29.7 Å². The Balaban J connectivity index is 1.53. The van der Waals surface area contributed by atoms with Crippen molar-refractivity contribution in [2.24, 2.45) is 5.73 Å². The molecule has 3 rings (SSSR count). The predicted molar refractivity (Wildman–Crippen MR) is 79.4 cm³/mol. The van der Waals surface area contributed by atoms with Gasteiger partial charge in [0.1, 0.15) is 0 Å². The molecule has 0 heterocycles. The first-order chi connectivity index (χ1) is 9.74. The number of benzene rings is 2.